The summed E-state index contributed by atoms with van der Waals surface area (Å²) in [4.78, 5) is 21.7. The van der Waals surface area contributed by atoms with Crippen LogP contribution in [0.25, 0.3) is 55.8 Å². The molecule has 6 aromatic rings. The summed E-state index contributed by atoms with van der Waals surface area (Å²) in [7, 11) is 0. The average molecular weight is 473 g/mol. The lowest BCUT2D eigenvalue weighted by molar-refractivity contribution is 0.913. The highest BCUT2D eigenvalue weighted by molar-refractivity contribution is 5.99. The smallest absolute Gasteiger partial charge is 0.135 e. The average Bonchev–Trinajstić information content (AvgIpc) is 3.53. The van der Waals surface area contributed by atoms with Crippen LogP contribution in [0.2, 0.25) is 0 Å². The van der Waals surface area contributed by atoms with Gasteiger partial charge in [-0.15, -0.1) is 0 Å². The molecule has 0 aliphatic heterocycles. The lowest BCUT2D eigenvalue weighted by Crippen LogP contribution is -1.98. The zero-order valence-electron chi connectivity index (χ0n) is 19.8. The van der Waals surface area contributed by atoms with Gasteiger partial charge in [-0.1, -0.05) is 19.9 Å². The van der Waals surface area contributed by atoms with E-state index in [0.717, 1.165) is 80.1 Å². The van der Waals surface area contributed by atoms with Crippen molar-refractivity contribution in [1.29, 1.82) is 0 Å². The van der Waals surface area contributed by atoms with Gasteiger partial charge < -0.3 is 10.3 Å². The molecule has 36 heavy (non-hydrogen) atoms. The van der Waals surface area contributed by atoms with E-state index < -0.39 is 0 Å². The highest BCUT2D eigenvalue weighted by Crippen LogP contribution is 2.33. The van der Waals surface area contributed by atoms with Gasteiger partial charge in [0.2, 0.25) is 0 Å². The maximum Gasteiger partial charge on any atom is 0.135 e. The number of anilines is 1. The monoisotopic (exact) mass is 472 g/mol. The molecule has 0 atom stereocenters. The summed E-state index contributed by atoms with van der Waals surface area (Å²) in [6, 6.07) is 14.0. The molecule has 8 heteroatoms. The number of nitrogens with zero attached hydrogens (tertiary/aromatic N) is 5. The van der Waals surface area contributed by atoms with Crippen molar-refractivity contribution < 1.29 is 0 Å². The van der Waals surface area contributed by atoms with Gasteiger partial charge in [0.25, 0.3) is 0 Å². The highest BCUT2D eigenvalue weighted by atomic mass is 15.1. The molecule has 0 bridgehead atoms. The van der Waals surface area contributed by atoms with Crippen molar-refractivity contribution in [3.05, 3.63) is 85.7 Å². The predicted molar refractivity (Wildman–Crippen MR) is 143 cm³/mol. The van der Waals surface area contributed by atoms with Gasteiger partial charge in [0.05, 0.1) is 34.5 Å². The molecule has 6 aromatic heterocycles. The molecule has 0 amide bonds. The Balaban J connectivity index is 1.40. The fraction of sp³-hybridized carbons (Fsp3) is 0.107. The quantitative estimate of drug-likeness (QED) is 0.250. The third-order valence-corrected chi connectivity index (χ3v) is 6.05. The van der Waals surface area contributed by atoms with E-state index in [2.05, 4.69) is 55.0 Å². The molecule has 0 unspecified atom stereocenters. The topological polar surface area (TPSA) is 108 Å². The number of pyridine rings is 4. The second kappa shape index (κ2) is 9.07. The van der Waals surface area contributed by atoms with Crippen LogP contribution in [0.1, 0.15) is 19.8 Å². The number of hydrogen-bond acceptors (Lipinski definition) is 6. The number of fused-ring (bicyclic) bond motifs is 2. The summed E-state index contributed by atoms with van der Waals surface area (Å²) in [5.41, 5.74) is 9.65. The maximum atomic E-state index is 4.96. The summed E-state index contributed by atoms with van der Waals surface area (Å²) < 4.78 is 0. The normalized spacial score (nSPS) is 11.2. The first-order chi connectivity index (χ1) is 17.7. The zero-order chi connectivity index (χ0) is 24.5. The van der Waals surface area contributed by atoms with Gasteiger partial charge in [-0.25, -0.2) is 4.98 Å². The van der Waals surface area contributed by atoms with Crippen molar-refractivity contribution in [1.82, 2.24) is 35.1 Å². The van der Waals surface area contributed by atoms with E-state index in [4.69, 9.17) is 4.98 Å². The Morgan fingerprint density at radius 1 is 0.944 bits per heavy atom. The number of aromatic amines is 2. The Kier molecular flexibility index (Phi) is 5.46. The van der Waals surface area contributed by atoms with Crippen molar-refractivity contribution in [2.75, 3.05) is 5.32 Å². The lowest BCUT2D eigenvalue weighted by Gasteiger charge is -2.09. The Bertz CT molecular complexity index is 1700. The number of rotatable bonds is 7. The van der Waals surface area contributed by atoms with Crippen LogP contribution in [0.3, 0.4) is 0 Å². The molecule has 0 aromatic carbocycles. The standard InChI is InChI=1S/C28H24N8/c1-3-5-17(2)32-20-12-19(15-30-16-20)22-7-8-24-27(34-22)28(36-35-24)25-13-21-23(33-25)9-11-31-26(21)18-6-4-10-29-14-18/h4,6-16,32-33H,2-3,5H2,1H3,(H,35,36). The van der Waals surface area contributed by atoms with Crippen LogP contribution in [0, 0.1) is 0 Å². The molecule has 0 spiro atoms. The molecule has 0 saturated carbocycles. The van der Waals surface area contributed by atoms with Gasteiger partial charge in [0.1, 0.15) is 11.2 Å². The number of hydrogen-bond donors (Lipinski definition) is 3. The van der Waals surface area contributed by atoms with Gasteiger partial charge >= 0.3 is 0 Å². The molecular formula is C28H24N8. The largest absolute Gasteiger partial charge is 0.358 e. The van der Waals surface area contributed by atoms with Crippen LogP contribution in [0.5, 0.6) is 0 Å². The summed E-state index contributed by atoms with van der Waals surface area (Å²) in [5.74, 6) is 0. The molecule has 0 fully saturated rings. The second-order valence-electron chi connectivity index (χ2n) is 8.65. The van der Waals surface area contributed by atoms with Crippen molar-refractivity contribution >= 4 is 27.6 Å². The van der Waals surface area contributed by atoms with Gasteiger partial charge in [0.15, 0.2) is 0 Å². The minimum absolute atomic E-state index is 0.749. The summed E-state index contributed by atoms with van der Waals surface area (Å²) in [6.07, 6.45) is 10.9. The minimum atomic E-state index is 0.749. The molecule has 0 aliphatic carbocycles. The third-order valence-electron chi connectivity index (χ3n) is 6.05. The van der Waals surface area contributed by atoms with Gasteiger partial charge in [-0.3, -0.25) is 20.1 Å². The van der Waals surface area contributed by atoms with E-state index in [1.807, 2.05) is 48.8 Å². The van der Waals surface area contributed by atoms with Crippen molar-refractivity contribution in [3.8, 4) is 33.9 Å². The zero-order valence-corrected chi connectivity index (χ0v) is 19.8. The van der Waals surface area contributed by atoms with Crippen LogP contribution in [0.15, 0.2) is 85.7 Å². The van der Waals surface area contributed by atoms with E-state index in [1.54, 1.807) is 18.6 Å². The van der Waals surface area contributed by atoms with E-state index in [1.165, 1.54) is 0 Å². The first kappa shape index (κ1) is 21.7. The maximum absolute atomic E-state index is 4.96. The van der Waals surface area contributed by atoms with E-state index >= 15 is 0 Å². The fourth-order valence-electron chi connectivity index (χ4n) is 4.38. The molecule has 8 nitrogen and oxygen atoms in total. The Labute approximate surface area is 207 Å². The van der Waals surface area contributed by atoms with Crippen LogP contribution in [0.4, 0.5) is 5.69 Å². The molecular weight excluding hydrogens is 448 g/mol. The summed E-state index contributed by atoms with van der Waals surface area (Å²) in [6.45, 7) is 6.22. The van der Waals surface area contributed by atoms with Crippen LogP contribution < -0.4 is 5.32 Å². The number of nitrogens with one attached hydrogen (secondary N) is 3. The van der Waals surface area contributed by atoms with Crippen LogP contribution in [-0.4, -0.2) is 35.1 Å². The highest BCUT2D eigenvalue weighted by Gasteiger charge is 2.16. The summed E-state index contributed by atoms with van der Waals surface area (Å²) in [5, 5.41) is 12.0. The molecule has 176 valence electrons. The van der Waals surface area contributed by atoms with Gasteiger partial charge in [0, 0.05) is 52.5 Å². The van der Waals surface area contributed by atoms with Crippen molar-refractivity contribution in [3.63, 3.8) is 0 Å². The number of H-pyrrole nitrogens is 2. The fourth-order valence-corrected chi connectivity index (χ4v) is 4.38. The number of allylic oxidation sites excluding steroid dienone is 1. The van der Waals surface area contributed by atoms with Crippen LogP contribution >= 0.6 is 0 Å². The molecule has 0 radical (unpaired) electrons. The number of aromatic nitrogens is 7. The first-order valence-corrected chi connectivity index (χ1v) is 11.8. The van der Waals surface area contributed by atoms with E-state index in [9.17, 15) is 0 Å². The first-order valence-electron chi connectivity index (χ1n) is 11.8. The van der Waals surface area contributed by atoms with Crippen LogP contribution in [-0.2, 0) is 0 Å². The van der Waals surface area contributed by atoms with Gasteiger partial charge in [-0.2, -0.15) is 5.10 Å². The minimum Gasteiger partial charge on any atom is -0.358 e. The molecule has 6 heterocycles. The SMILES string of the molecule is C=C(CCC)Nc1cncc(-c2ccc3[nH]nc(-c4cc5c(-c6cccnc6)nccc5[nH]4)c3n2)c1. The molecule has 6 rings (SSSR count). The Hall–Kier alpha value is -4.85. The Morgan fingerprint density at radius 2 is 1.86 bits per heavy atom. The van der Waals surface area contributed by atoms with Gasteiger partial charge in [-0.05, 0) is 48.9 Å². The molecule has 3 N–H and O–H groups in total. The Morgan fingerprint density at radius 3 is 2.72 bits per heavy atom. The lowest BCUT2D eigenvalue weighted by atomic mass is 10.1. The third kappa shape index (κ3) is 3.98. The van der Waals surface area contributed by atoms with E-state index in [-0.39, 0.29) is 0 Å². The second-order valence-corrected chi connectivity index (χ2v) is 8.65. The van der Waals surface area contributed by atoms with E-state index in [0.29, 0.717) is 0 Å². The molecule has 0 saturated heterocycles. The van der Waals surface area contributed by atoms with Crippen molar-refractivity contribution in [2.24, 2.45) is 0 Å². The van der Waals surface area contributed by atoms with Crippen molar-refractivity contribution in [2.45, 2.75) is 19.8 Å². The summed E-state index contributed by atoms with van der Waals surface area (Å²) >= 11 is 0. The molecule has 0 aliphatic rings. The predicted octanol–water partition coefficient (Wildman–Crippen LogP) is 6.35.